The molecular formula is C19H29N. The molecule has 0 aliphatic heterocycles. The standard InChI is InChI=1S/C19H29N/c20-19(14-6-3-7-15-19)18-12-10-17(11-13-18)16-8-4-1-2-5-9-16/h10-13,16H,1-9,14-15,20H2. The molecule has 110 valence electrons. The van der Waals surface area contributed by atoms with Crippen molar-refractivity contribution in [3.8, 4) is 0 Å². The Kier molecular flexibility index (Phi) is 4.45. The number of rotatable bonds is 2. The molecule has 1 aromatic carbocycles. The van der Waals surface area contributed by atoms with Gasteiger partial charge in [-0.3, -0.25) is 0 Å². The van der Waals surface area contributed by atoms with Crippen molar-refractivity contribution in [1.29, 1.82) is 0 Å². The third-order valence-electron chi connectivity index (χ3n) is 5.56. The van der Waals surface area contributed by atoms with Crippen LogP contribution in [-0.4, -0.2) is 0 Å². The lowest BCUT2D eigenvalue weighted by Crippen LogP contribution is -2.38. The summed E-state index contributed by atoms with van der Waals surface area (Å²) in [5.74, 6) is 0.798. The summed E-state index contributed by atoms with van der Waals surface area (Å²) in [7, 11) is 0. The molecule has 2 aliphatic carbocycles. The maximum absolute atomic E-state index is 6.63. The molecule has 1 nitrogen and oxygen atoms in total. The zero-order chi connectivity index (χ0) is 13.8. The van der Waals surface area contributed by atoms with Crippen molar-refractivity contribution in [1.82, 2.24) is 0 Å². The second kappa shape index (κ2) is 6.30. The van der Waals surface area contributed by atoms with Crippen LogP contribution in [0, 0.1) is 0 Å². The summed E-state index contributed by atoms with van der Waals surface area (Å²) in [6.45, 7) is 0. The maximum atomic E-state index is 6.63. The van der Waals surface area contributed by atoms with E-state index in [2.05, 4.69) is 24.3 Å². The highest BCUT2D eigenvalue weighted by atomic mass is 14.7. The van der Waals surface area contributed by atoms with Crippen LogP contribution >= 0.6 is 0 Å². The first-order valence-corrected chi connectivity index (χ1v) is 8.67. The quantitative estimate of drug-likeness (QED) is 0.731. The topological polar surface area (TPSA) is 26.0 Å². The molecule has 20 heavy (non-hydrogen) atoms. The number of nitrogens with two attached hydrogens (primary N) is 1. The summed E-state index contributed by atoms with van der Waals surface area (Å²) >= 11 is 0. The van der Waals surface area contributed by atoms with Gasteiger partial charge in [0.05, 0.1) is 0 Å². The van der Waals surface area contributed by atoms with Crippen molar-refractivity contribution in [2.45, 2.75) is 82.1 Å². The van der Waals surface area contributed by atoms with Crippen LogP contribution in [0.2, 0.25) is 0 Å². The minimum atomic E-state index is -0.0414. The largest absolute Gasteiger partial charge is 0.321 e. The van der Waals surface area contributed by atoms with E-state index in [1.165, 1.54) is 63.4 Å². The van der Waals surface area contributed by atoms with Gasteiger partial charge in [0.25, 0.3) is 0 Å². The second-order valence-electron chi connectivity index (χ2n) is 7.03. The fraction of sp³-hybridized carbons (Fsp3) is 0.684. The van der Waals surface area contributed by atoms with Gasteiger partial charge in [0.2, 0.25) is 0 Å². The SMILES string of the molecule is NC1(c2ccc(C3CCCCCC3)cc2)CCCCC1. The van der Waals surface area contributed by atoms with Crippen LogP contribution in [0.1, 0.15) is 87.7 Å². The highest BCUT2D eigenvalue weighted by molar-refractivity contribution is 5.30. The third kappa shape index (κ3) is 3.09. The minimum absolute atomic E-state index is 0.0414. The number of hydrogen-bond donors (Lipinski definition) is 1. The fourth-order valence-corrected chi connectivity index (χ4v) is 4.17. The summed E-state index contributed by atoms with van der Waals surface area (Å²) in [6, 6.07) is 9.39. The molecule has 2 N–H and O–H groups in total. The van der Waals surface area contributed by atoms with E-state index in [9.17, 15) is 0 Å². The summed E-state index contributed by atoms with van der Waals surface area (Å²) in [5, 5.41) is 0. The predicted octanol–water partition coefficient (Wildman–Crippen LogP) is 5.24. The summed E-state index contributed by atoms with van der Waals surface area (Å²) in [4.78, 5) is 0. The Morgan fingerprint density at radius 2 is 1.30 bits per heavy atom. The van der Waals surface area contributed by atoms with Gasteiger partial charge in [-0.05, 0) is 42.7 Å². The van der Waals surface area contributed by atoms with Gasteiger partial charge in [-0.25, -0.2) is 0 Å². The first-order chi connectivity index (χ1) is 9.78. The normalized spacial score (nSPS) is 24.2. The van der Waals surface area contributed by atoms with Crippen molar-refractivity contribution in [2.75, 3.05) is 0 Å². The van der Waals surface area contributed by atoms with Crippen LogP contribution in [0.15, 0.2) is 24.3 Å². The van der Waals surface area contributed by atoms with Gasteiger partial charge < -0.3 is 5.73 Å². The van der Waals surface area contributed by atoms with E-state index in [0.717, 1.165) is 18.8 Å². The lowest BCUT2D eigenvalue weighted by atomic mass is 9.77. The lowest BCUT2D eigenvalue weighted by Gasteiger charge is -2.34. The molecule has 0 heterocycles. The molecule has 2 aliphatic rings. The van der Waals surface area contributed by atoms with Gasteiger partial charge in [0, 0.05) is 5.54 Å². The Morgan fingerprint density at radius 3 is 1.90 bits per heavy atom. The van der Waals surface area contributed by atoms with Crippen molar-refractivity contribution >= 4 is 0 Å². The van der Waals surface area contributed by atoms with E-state index < -0.39 is 0 Å². The molecule has 1 heteroatoms. The van der Waals surface area contributed by atoms with Crippen LogP contribution < -0.4 is 5.73 Å². The monoisotopic (exact) mass is 271 g/mol. The number of benzene rings is 1. The minimum Gasteiger partial charge on any atom is -0.321 e. The molecule has 0 atom stereocenters. The van der Waals surface area contributed by atoms with Crippen LogP contribution in [0.25, 0.3) is 0 Å². The van der Waals surface area contributed by atoms with Crippen molar-refractivity contribution in [3.63, 3.8) is 0 Å². The molecule has 2 fully saturated rings. The van der Waals surface area contributed by atoms with Crippen LogP contribution in [0.3, 0.4) is 0 Å². The highest BCUT2D eigenvalue weighted by Crippen LogP contribution is 2.36. The molecule has 3 rings (SSSR count). The smallest absolute Gasteiger partial charge is 0.0409 e. The molecular weight excluding hydrogens is 242 g/mol. The van der Waals surface area contributed by atoms with Crippen molar-refractivity contribution < 1.29 is 0 Å². The zero-order valence-corrected chi connectivity index (χ0v) is 12.7. The first-order valence-electron chi connectivity index (χ1n) is 8.67. The fourth-order valence-electron chi connectivity index (χ4n) is 4.17. The van der Waals surface area contributed by atoms with E-state index in [1.54, 1.807) is 5.56 Å². The highest BCUT2D eigenvalue weighted by Gasteiger charge is 2.29. The summed E-state index contributed by atoms with van der Waals surface area (Å²) in [5.41, 5.74) is 9.51. The van der Waals surface area contributed by atoms with E-state index in [1.807, 2.05) is 0 Å². The molecule has 0 bridgehead atoms. The average Bonchev–Trinajstić information content (AvgIpc) is 2.77. The second-order valence-corrected chi connectivity index (χ2v) is 7.03. The Hall–Kier alpha value is -0.820. The average molecular weight is 271 g/mol. The molecule has 0 spiro atoms. The van der Waals surface area contributed by atoms with E-state index in [-0.39, 0.29) is 5.54 Å². The van der Waals surface area contributed by atoms with Gasteiger partial charge in [-0.1, -0.05) is 69.2 Å². The molecule has 0 unspecified atom stereocenters. The van der Waals surface area contributed by atoms with Gasteiger partial charge in [-0.2, -0.15) is 0 Å². The molecule has 2 saturated carbocycles. The van der Waals surface area contributed by atoms with Gasteiger partial charge in [-0.15, -0.1) is 0 Å². The van der Waals surface area contributed by atoms with E-state index in [4.69, 9.17) is 5.73 Å². The van der Waals surface area contributed by atoms with Crippen molar-refractivity contribution in [3.05, 3.63) is 35.4 Å². The van der Waals surface area contributed by atoms with Crippen LogP contribution in [0.5, 0.6) is 0 Å². The Morgan fingerprint density at radius 1 is 0.750 bits per heavy atom. The van der Waals surface area contributed by atoms with Gasteiger partial charge in [0.1, 0.15) is 0 Å². The Balaban J connectivity index is 1.73. The van der Waals surface area contributed by atoms with Gasteiger partial charge >= 0.3 is 0 Å². The molecule has 1 aromatic rings. The summed E-state index contributed by atoms with van der Waals surface area (Å²) in [6.07, 6.45) is 14.7. The van der Waals surface area contributed by atoms with E-state index >= 15 is 0 Å². The lowest BCUT2D eigenvalue weighted by molar-refractivity contribution is 0.302. The molecule has 0 aromatic heterocycles. The summed E-state index contributed by atoms with van der Waals surface area (Å²) < 4.78 is 0. The van der Waals surface area contributed by atoms with Crippen molar-refractivity contribution in [2.24, 2.45) is 5.73 Å². The first kappa shape index (κ1) is 14.1. The van der Waals surface area contributed by atoms with Crippen LogP contribution in [0.4, 0.5) is 0 Å². The zero-order valence-electron chi connectivity index (χ0n) is 12.7. The molecule has 0 radical (unpaired) electrons. The number of hydrogen-bond acceptors (Lipinski definition) is 1. The Bertz CT molecular complexity index is 406. The third-order valence-corrected chi connectivity index (χ3v) is 5.56. The van der Waals surface area contributed by atoms with E-state index in [0.29, 0.717) is 0 Å². The molecule has 0 amide bonds. The molecule has 0 saturated heterocycles. The predicted molar refractivity (Wildman–Crippen MR) is 85.8 cm³/mol. The van der Waals surface area contributed by atoms with Gasteiger partial charge in [0.15, 0.2) is 0 Å². The van der Waals surface area contributed by atoms with Crippen LogP contribution in [-0.2, 0) is 5.54 Å². The Labute approximate surface area is 124 Å². The maximum Gasteiger partial charge on any atom is 0.0409 e.